The van der Waals surface area contributed by atoms with Crippen LogP contribution in [0.25, 0.3) is 22.5 Å². The molecule has 2 aromatic carbocycles. The van der Waals surface area contributed by atoms with Crippen LogP contribution in [0.5, 0.6) is 11.5 Å². The summed E-state index contributed by atoms with van der Waals surface area (Å²) in [7, 11) is 0. The first-order valence-electron chi connectivity index (χ1n) is 12.3. The van der Waals surface area contributed by atoms with Gasteiger partial charge in [0.1, 0.15) is 5.82 Å². The van der Waals surface area contributed by atoms with Crippen LogP contribution in [0, 0.1) is 0 Å². The van der Waals surface area contributed by atoms with Crippen LogP contribution in [-0.4, -0.2) is 21.5 Å². The number of rotatable bonds is 5. The van der Waals surface area contributed by atoms with E-state index in [-0.39, 0.29) is 6.04 Å². The molecule has 0 saturated carbocycles. The largest absolute Gasteiger partial charge is 0.453 e. The average Bonchev–Trinajstić information content (AvgIpc) is 3.54. The van der Waals surface area contributed by atoms with Gasteiger partial charge < -0.3 is 25.3 Å². The summed E-state index contributed by atoms with van der Waals surface area (Å²) in [5.41, 5.74) is 15.3. The predicted octanol–water partition coefficient (Wildman–Crippen LogP) is 6.80. The van der Waals surface area contributed by atoms with Crippen LogP contribution in [0.4, 0.5) is 11.4 Å². The van der Waals surface area contributed by atoms with Gasteiger partial charge in [-0.25, -0.2) is 4.98 Å². The van der Waals surface area contributed by atoms with Crippen molar-refractivity contribution in [1.82, 2.24) is 15.0 Å². The number of benzene rings is 2. The number of ether oxygens (including phenoxy) is 1. The first-order valence-corrected chi connectivity index (χ1v) is 12.3. The lowest BCUT2D eigenvalue weighted by Crippen LogP contribution is -2.27. The van der Waals surface area contributed by atoms with Crippen molar-refractivity contribution in [2.45, 2.75) is 52.0 Å². The van der Waals surface area contributed by atoms with E-state index in [1.54, 1.807) is 0 Å². The van der Waals surface area contributed by atoms with E-state index in [1.807, 2.05) is 6.20 Å². The van der Waals surface area contributed by atoms with Gasteiger partial charge in [-0.2, -0.15) is 0 Å². The number of aromatic nitrogens is 3. The highest BCUT2D eigenvalue weighted by Gasteiger charge is 2.30. The molecule has 34 heavy (non-hydrogen) atoms. The Morgan fingerprint density at radius 3 is 2.68 bits per heavy atom. The summed E-state index contributed by atoms with van der Waals surface area (Å²) in [6, 6.07) is 15.1. The second-order valence-electron chi connectivity index (χ2n) is 9.70. The quantitative estimate of drug-likeness (QED) is 0.310. The average molecular weight is 454 g/mol. The number of imidazole rings is 1. The number of nitrogens with zero attached hydrogens (tertiary/aromatic N) is 2. The molecule has 4 aromatic rings. The Kier molecular flexibility index (Phi) is 4.99. The molecule has 4 N–H and O–H groups in total. The standard InChI is InChI=1S/C28H31N5O/c1-4-20(29)22-9-8-21(31-22)17-7-10-24-25(13-17)34-26-14-19(23-15-30-28(32-23)16(2)3)12-18-6-5-11-33(24)27(18)26/h7-10,12-16,20,31H,4-6,11,29H2,1-3H3,(H,30,32). The lowest BCUT2D eigenvalue weighted by Gasteiger charge is -2.37. The normalized spacial score (nSPS) is 15.1. The molecule has 0 radical (unpaired) electrons. The fraction of sp³-hybridized carbons (Fsp3) is 0.321. The number of nitrogens with one attached hydrogen (secondary N) is 2. The molecule has 0 spiro atoms. The van der Waals surface area contributed by atoms with Crippen molar-refractivity contribution in [3.05, 3.63) is 65.7 Å². The van der Waals surface area contributed by atoms with Gasteiger partial charge in [0, 0.05) is 41.0 Å². The van der Waals surface area contributed by atoms with Crippen molar-refractivity contribution in [1.29, 1.82) is 0 Å². The molecule has 174 valence electrons. The second-order valence-corrected chi connectivity index (χ2v) is 9.70. The highest BCUT2D eigenvalue weighted by Crippen LogP contribution is 2.52. The first kappa shape index (κ1) is 21.1. The van der Waals surface area contributed by atoms with Gasteiger partial charge in [0.15, 0.2) is 11.5 Å². The first-order chi connectivity index (χ1) is 16.5. The summed E-state index contributed by atoms with van der Waals surface area (Å²) < 4.78 is 6.56. The van der Waals surface area contributed by atoms with Gasteiger partial charge >= 0.3 is 0 Å². The van der Waals surface area contributed by atoms with E-state index in [2.05, 4.69) is 83.1 Å². The SMILES string of the molecule is CCC(N)c1ccc(-c2ccc3c(c2)Oc2cc(-c4cnc(C(C)C)[nH]4)cc4c2N3CCC4)[nH]1. The highest BCUT2D eigenvalue weighted by atomic mass is 16.5. The Morgan fingerprint density at radius 1 is 1.03 bits per heavy atom. The molecule has 0 amide bonds. The topological polar surface area (TPSA) is 83.0 Å². The zero-order chi connectivity index (χ0) is 23.4. The molecule has 6 heteroatoms. The van der Waals surface area contributed by atoms with E-state index in [0.717, 1.165) is 77.0 Å². The lowest BCUT2D eigenvalue weighted by atomic mass is 9.95. The molecule has 0 aliphatic carbocycles. The second kappa shape index (κ2) is 8.06. The van der Waals surface area contributed by atoms with Crippen LogP contribution in [0.2, 0.25) is 0 Å². The van der Waals surface area contributed by atoms with E-state index in [1.165, 1.54) is 11.3 Å². The van der Waals surface area contributed by atoms with E-state index in [9.17, 15) is 0 Å². The summed E-state index contributed by atoms with van der Waals surface area (Å²) >= 11 is 0. The molecule has 6 rings (SSSR count). The van der Waals surface area contributed by atoms with Gasteiger partial charge in [0.2, 0.25) is 0 Å². The summed E-state index contributed by atoms with van der Waals surface area (Å²) in [5, 5.41) is 0. The molecule has 0 fully saturated rings. The number of anilines is 2. The number of nitrogens with two attached hydrogens (primary N) is 1. The van der Waals surface area contributed by atoms with Gasteiger partial charge in [-0.1, -0.05) is 26.8 Å². The maximum Gasteiger partial charge on any atom is 0.152 e. The smallest absolute Gasteiger partial charge is 0.152 e. The molecular formula is C28H31N5O. The highest BCUT2D eigenvalue weighted by molar-refractivity contribution is 5.85. The maximum absolute atomic E-state index is 6.56. The van der Waals surface area contributed by atoms with Crippen LogP contribution < -0.4 is 15.4 Å². The van der Waals surface area contributed by atoms with Crippen molar-refractivity contribution in [3.8, 4) is 34.0 Å². The molecule has 0 saturated heterocycles. The number of fused-ring (bicyclic) bond motifs is 2. The summed E-state index contributed by atoms with van der Waals surface area (Å²) in [6.45, 7) is 7.40. The Morgan fingerprint density at radius 2 is 1.88 bits per heavy atom. The maximum atomic E-state index is 6.56. The van der Waals surface area contributed by atoms with Gasteiger partial charge in [-0.15, -0.1) is 0 Å². The third kappa shape index (κ3) is 3.41. The summed E-state index contributed by atoms with van der Waals surface area (Å²) in [5.74, 6) is 3.17. The van der Waals surface area contributed by atoms with Crippen LogP contribution in [0.3, 0.4) is 0 Å². The molecule has 1 atom stereocenters. The zero-order valence-corrected chi connectivity index (χ0v) is 20.0. The van der Waals surface area contributed by atoms with Crippen LogP contribution in [0.1, 0.15) is 62.7 Å². The van der Waals surface area contributed by atoms with Gasteiger partial charge in [0.05, 0.1) is 23.3 Å². The van der Waals surface area contributed by atoms with Gasteiger partial charge in [0.25, 0.3) is 0 Å². The van der Waals surface area contributed by atoms with Crippen molar-refractivity contribution in [2.75, 3.05) is 11.4 Å². The third-order valence-corrected chi connectivity index (χ3v) is 7.03. The van der Waals surface area contributed by atoms with Crippen molar-refractivity contribution < 1.29 is 4.74 Å². The molecular weight excluding hydrogens is 422 g/mol. The number of aryl methyl sites for hydroxylation is 1. The molecule has 2 aliphatic heterocycles. The van der Waals surface area contributed by atoms with E-state index < -0.39 is 0 Å². The zero-order valence-electron chi connectivity index (χ0n) is 20.0. The van der Waals surface area contributed by atoms with Gasteiger partial charge in [-0.05, 0) is 61.2 Å². The molecule has 2 aromatic heterocycles. The Balaban J connectivity index is 1.40. The minimum Gasteiger partial charge on any atom is -0.453 e. The Hall–Kier alpha value is -3.51. The van der Waals surface area contributed by atoms with E-state index >= 15 is 0 Å². The third-order valence-electron chi connectivity index (χ3n) is 7.03. The number of hydrogen-bond acceptors (Lipinski definition) is 4. The minimum absolute atomic E-state index is 0.0263. The number of H-pyrrole nitrogens is 2. The van der Waals surface area contributed by atoms with Crippen LogP contribution >= 0.6 is 0 Å². The van der Waals surface area contributed by atoms with Crippen molar-refractivity contribution in [2.24, 2.45) is 5.73 Å². The Bertz CT molecular complexity index is 1370. The number of hydrogen-bond donors (Lipinski definition) is 3. The fourth-order valence-corrected chi connectivity index (χ4v) is 5.07. The predicted molar refractivity (Wildman–Crippen MR) is 137 cm³/mol. The monoisotopic (exact) mass is 453 g/mol. The number of aromatic amines is 2. The van der Waals surface area contributed by atoms with Crippen molar-refractivity contribution in [3.63, 3.8) is 0 Å². The van der Waals surface area contributed by atoms with Crippen LogP contribution in [-0.2, 0) is 6.42 Å². The summed E-state index contributed by atoms with van der Waals surface area (Å²) in [4.78, 5) is 14.0. The van der Waals surface area contributed by atoms with E-state index in [4.69, 9.17) is 10.5 Å². The summed E-state index contributed by atoms with van der Waals surface area (Å²) in [6.07, 6.45) is 5.01. The fourth-order valence-electron chi connectivity index (χ4n) is 5.07. The Labute approximate surface area is 200 Å². The molecule has 0 bridgehead atoms. The van der Waals surface area contributed by atoms with Crippen molar-refractivity contribution >= 4 is 11.4 Å². The minimum atomic E-state index is 0.0263. The van der Waals surface area contributed by atoms with E-state index in [0.29, 0.717) is 5.92 Å². The molecule has 1 unspecified atom stereocenters. The molecule has 2 aliphatic rings. The van der Waals surface area contributed by atoms with Gasteiger partial charge in [-0.3, -0.25) is 0 Å². The van der Waals surface area contributed by atoms with Crippen LogP contribution in [0.15, 0.2) is 48.7 Å². The molecule has 6 nitrogen and oxygen atoms in total. The lowest BCUT2D eigenvalue weighted by molar-refractivity contribution is 0.469. The molecule has 4 heterocycles.